The van der Waals surface area contributed by atoms with Gasteiger partial charge in [0, 0.05) is 37.6 Å². The van der Waals surface area contributed by atoms with Crippen molar-refractivity contribution >= 4 is 11.6 Å². The topological polar surface area (TPSA) is 54.8 Å². The van der Waals surface area contributed by atoms with E-state index in [1.807, 2.05) is 24.3 Å². The maximum Gasteiger partial charge on any atom is 0.123 e. The predicted octanol–water partition coefficient (Wildman–Crippen LogP) is 2.75. The molecule has 1 aromatic carbocycles. The second-order valence-electron chi connectivity index (χ2n) is 5.08. The van der Waals surface area contributed by atoms with Gasteiger partial charge in [0.25, 0.3) is 0 Å². The third kappa shape index (κ3) is 4.82. The van der Waals surface area contributed by atoms with E-state index in [4.69, 9.17) is 21.1 Å². The van der Waals surface area contributed by atoms with Crippen LogP contribution in [0.5, 0.6) is 11.5 Å². The van der Waals surface area contributed by atoms with Crippen LogP contribution in [0.1, 0.15) is 11.1 Å². The fraction of sp³-hybridized carbons (Fsp3) is 0.353. The second-order valence-corrected chi connectivity index (χ2v) is 5.49. The second kappa shape index (κ2) is 8.72. The van der Waals surface area contributed by atoms with E-state index in [0.29, 0.717) is 24.7 Å². The highest BCUT2D eigenvalue weighted by Crippen LogP contribution is 2.26. The summed E-state index contributed by atoms with van der Waals surface area (Å²) in [5, 5.41) is 9.96. The van der Waals surface area contributed by atoms with Gasteiger partial charge in [0.2, 0.25) is 0 Å². The molecule has 0 fully saturated rings. The van der Waals surface area contributed by atoms with Gasteiger partial charge in [0.1, 0.15) is 11.5 Å². The van der Waals surface area contributed by atoms with Crippen molar-refractivity contribution in [1.29, 1.82) is 0 Å². The van der Waals surface area contributed by atoms with Crippen LogP contribution >= 0.6 is 11.6 Å². The predicted molar refractivity (Wildman–Crippen MR) is 90.0 cm³/mol. The molecule has 23 heavy (non-hydrogen) atoms. The van der Waals surface area contributed by atoms with Crippen molar-refractivity contribution in [2.24, 2.45) is 0 Å². The molecule has 1 heterocycles. The molecule has 0 aliphatic carbocycles. The lowest BCUT2D eigenvalue weighted by Crippen LogP contribution is -2.26. The highest BCUT2D eigenvalue weighted by Gasteiger charge is 2.13. The lowest BCUT2D eigenvalue weighted by Gasteiger charge is -2.23. The number of methoxy groups -OCH3 is 2. The molecule has 124 valence electrons. The third-order valence-corrected chi connectivity index (χ3v) is 3.89. The normalized spacial score (nSPS) is 10.8. The summed E-state index contributed by atoms with van der Waals surface area (Å²) in [6.45, 7) is 1.82. The zero-order valence-corrected chi connectivity index (χ0v) is 14.1. The Labute approximate surface area is 141 Å². The van der Waals surface area contributed by atoms with Gasteiger partial charge in [-0.25, -0.2) is 0 Å². The van der Waals surface area contributed by atoms with Gasteiger partial charge in [-0.2, -0.15) is 0 Å². The number of aromatic nitrogens is 1. The lowest BCUT2D eigenvalue weighted by molar-refractivity contribution is 0.182. The Morgan fingerprint density at radius 3 is 2.57 bits per heavy atom. The third-order valence-electron chi connectivity index (χ3n) is 3.55. The number of aliphatic hydroxyl groups excluding tert-OH is 1. The summed E-state index contributed by atoms with van der Waals surface area (Å²) < 4.78 is 10.7. The van der Waals surface area contributed by atoms with Crippen LogP contribution in [0.3, 0.4) is 0 Å². The summed E-state index contributed by atoms with van der Waals surface area (Å²) in [6, 6.07) is 7.57. The number of hydrogen-bond donors (Lipinski definition) is 1. The smallest absolute Gasteiger partial charge is 0.123 e. The Bertz CT molecular complexity index is 637. The van der Waals surface area contributed by atoms with Crippen molar-refractivity contribution in [3.05, 3.63) is 52.8 Å². The van der Waals surface area contributed by atoms with Crippen molar-refractivity contribution < 1.29 is 14.6 Å². The quantitative estimate of drug-likeness (QED) is 0.803. The van der Waals surface area contributed by atoms with E-state index in [0.717, 1.165) is 22.6 Å². The fourth-order valence-corrected chi connectivity index (χ4v) is 2.55. The van der Waals surface area contributed by atoms with Crippen LogP contribution in [0.25, 0.3) is 0 Å². The SMILES string of the molecule is COc1ccc(OC)c(CN(CCO)Cc2ccncc2Cl)c1. The Morgan fingerprint density at radius 1 is 1.13 bits per heavy atom. The summed E-state index contributed by atoms with van der Waals surface area (Å²) in [5.74, 6) is 1.56. The van der Waals surface area contributed by atoms with E-state index < -0.39 is 0 Å². The van der Waals surface area contributed by atoms with E-state index >= 15 is 0 Å². The molecule has 0 atom stereocenters. The van der Waals surface area contributed by atoms with Crippen molar-refractivity contribution in [2.75, 3.05) is 27.4 Å². The first-order chi connectivity index (χ1) is 11.2. The Morgan fingerprint density at radius 2 is 1.91 bits per heavy atom. The highest BCUT2D eigenvalue weighted by atomic mass is 35.5. The molecular weight excluding hydrogens is 316 g/mol. The number of nitrogens with zero attached hydrogens (tertiary/aromatic N) is 2. The zero-order chi connectivity index (χ0) is 16.7. The highest BCUT2D eigenvalue weighted by molar-refractivity contribution is 6.31. The minimum atomic E-state index is 0.0645. The molecule has 0 radical (unpaired) electrons. The first-order valence-corrected chi connectivity index (χ1v) is 7.68. The molecule has 0 amide bonds. The maximum absolute atomic E-state index is 9.35. The number of halogens is 1. The van der Waals surface area contributed by atoms with Gasteiger partial charge in [0.05, 0.1) is 25.8 Å². The van der Waals surface area contributed by atoms with Gasteiger partial charge in [-0.15, -0.1) is 0 Å². The lowest BCUT2D eigenvalue weighted by atomic mass is 10.1. The fourth-order valence-electron chi connectivity index (χ4n) is 2.37. The van der Waals surface area contributed by atoms with E-state index in [2.05, 4.69) is 9.88 Å². The van der Waals surface area contributed by atoms with E-state index in [1.165, 1.54) is 0 Å². The molecule has 0 saturated heterocycles. The van der Waals surface area contributed by atoms with Crippen molar-refractivity contribution in [3.63, 3.8) is 0 Å². The summed E-state index contributed by atoms with van der Waals surface area (Å²) in [5.41, 5.74) is 1.96. The van der Waals surface area contributed by atoms with Gasteiger partial charge >= 0.3 is 0 Å². The molecule has 0 aliphatic rings. The first kappa shape index (κ1) is 17.5. The van der Waals surface area contributed by atoms with Gasteiger partial charge in [-0.3, -0.25) is 9.88 Å². The van der Waals surface area contributed by atoms with Crippen LogP contribution < -0.4 is 9.47 Å². The molecule has 5 nitrogen and oxygen atoms in total. The number of benzene rings is 1. The number of pyridine rings is 1. The van der Waals surface area contributed by atoms with Crippen molar-refractivity contribution in [1.82, 2.24) is 9.88 Å². The Hall–Kier alpha value is -1.82. The standard InChI is InChI=1S/C17H21ClN2O3/c1-22-15-3-4-17(23-2)14(9-15)12-20(7-8-21)11-13-5-6-19-10-16(13)18/h3-6,9-10,21H,7-8,11-12H2,1-2H3. The summed E-state index contributed by atoms with van der Waals surface area (Å²) in [7, 11) is 3.27. The van der Waals surface area contributed by atoms with E-state index in [9.17, 15) is 5.11 Å². The molecule has 0 aliphatic heterocycles. The number of hydrogen-bond acceptors (Lipinski definition) is 5. The van der Waals surface area contributed by atoms with Gasteiger partial charge in [0.15, 0.2) is 0 Å². The molecule has 2 aromatic rings. The summed E-state index contributed by atoms with van der Waals surface area (Å²) in [4.78, 5) is 6.09. The Kier molecular flexibility index (Phi) is 6.65. The molecule has 0 bridgehead atoms. The monoisotopic (exact) mass is 336 g/mol. The van der Waals surface area contributed by atoms with Crippen LogP contribution in [-0.2, 0) is 13.1 Å². The van der Waals surface area contributed by atoms with Gasteiger partial charge in [-0.05, 0) is 29.8 Å². The van der Waals surface area contributed by atoms with Crippen LogP contribution in [0, 0.1) is 0 Å². The molecular formula is C17H21ClN2O3. The van der Waals surface area contributed by atoms with Crippen LogP contribution in [0.2, 0.25) is 5.02 Å². The van der Waals surface area contributed by atoms with Gasteiger partial charge in [-0.1, -0.05) is 11.6 Å². The number of rotatable bonds is 8. The minimum absolute atomic E-state index is 0.0645. The minimum Gasteiger partial charge on any atom is -0.497 e. The molecule has 1 aromatic heterocycles. The summed E-state index contributed by atoms with van der Waals surface area (Å²) >= 11 is 6.18. The zero-order valence-electron chi connectivity index (χ0n) is 13.3. The van der Waals surface area contributed by atoms with Crippen LogP contribution in [-0.4, -0.2) is 42.4 Å². The molecule has 2 rings (SSSR count). The molecule has 1 N–H and O–H groups in total. The first-order valence-electron chi connectivity index (χ1n) is 7.30. The van der Waals surface area contributed by atoms with Crippen LogP contribution in [0.15, 0.2) is 36.7 Å². The molecule has 0 unspecified atom stereocenters. The summed E-state index contributed by atoms with van der Waals surface area (Å²) in [6.07, 6.45) is 3.34. The Balaban J connectivity index is 2.20. The maximum atomic E-state index is 9.35. The van der Waals surface area contributed by atoms with Crippen LogP contribution in [0.4, 0.5) is 0 Å². The van der Waals surface area contributed by atoms with E-state index in [-0.39, 0.29) is 6.61 Å². The molecule has 0 spiro atoms. The molecule has 6 heteroatoms. The average Bonchev–Trinajstić information content (AvgIpc) is 2.57. The van der Waals surface area contributed by atoms with Crippen molar-refractivity contribution in [2.45, 2.75) is 13.1 Å². The van der Waals surface area contributed by atoms with E-state index in [1.54, 1.807) is 26.6 Å². The average molecular weight is 337 g/mol. The largest absolute Gasteiger partial charge is 0.497 e. The number of aliphatic hydroxyl groups is 1. The molecule has 0 saturated carbocycles. The number of ether oxygens (including phenoxy) is 2. The van der Waals surface area contributed by atoms with Gasteiger partial charge < -0.3 is 14.6 Å². The van der Waals surface area contributed by atoms with Crippen molar-refractivity contribution in [3.8, 4) is 11.5 Å².